The zero-order valence-corrected chi connectivity index (χ0v) is 13.7. The van der Waals surface area contributed by atoms with Crippen molar-refractivity contribution in [1.82, 2.24) is 25.0 Å². The molecule has 118 valence electrons. The smallest absolute Gasteiger partial charge is 0.194 e. The van der Waals surface area contributed by atoms with Crippen LogP contribution < -0.4 is 5.32 Å². The zero-order valence-electron chi connectivity index (χ0n) is 13.7. The summed E-state index contributed by atoms with van der Waals surface area (Å²) in [4.78, 5) is 11.3. The SMILES string of the molecule is CCNC(=NCc1ncnn1C)N1CCC(CC(C)C)C1. The summed E-state index contributed by atoms with van der Waals surface area (Å²) in [6.45, 7) is 10.4. The van der Waals surface area contributed by atoms with Crippen LogP contribution in [-0.2, 0) is 13.6 Å². The number of hydrogen-bond acceptors (Lipinski definition) is 3. The molecule has 1 aliphatic rings. The predicted octanol–water partition coefficient (Wildman–Crippen LogP) is 1.65. The average Bonchev–Trinajstić information content (AvgIpc) is 3.03. The molecule has 1 aromatic heterocycles. The van der Waals surface area contributed by atoms with Crippen LogP contribution in [0.3, 0.4) is 0 Å². The number of nitrogens with one attached hydrogen (secondary N) is 1. The Morgan fingerprint density at radius 1 is 1.52 bits per heavy atom. The number of hydrogen-bond donors (Lipinski definition) is 1. The highest BCUT2D eigenvalue weighted by Gasteiger charge is 2.25. The van der Waals surface area contributed by atoms with Gasteiger partial charge in [-0.05, 0) is 31.6 Å². The van der Waals surface area contributed by atoms with Gasteiger partial charge in [-0.25, -0.2) is 9.98 Å². The van der Waals surface area contributed by atoms with Gasteiger partial charge in [0.15, 0.2) is 5.96 Å². The van der Waals surface area contributed by atoms with Gasteiger partial charge in [-0.15, -0.1) is 0 Å². The van der Waals surface area contributed by atoms with E-state index in [1.165, 1.54) is 12.8 Å². The van der Waals surface area contributed by atoms with E-state index in [4.69, 9.17) is 4.99 Å². The zero-order chi connectivity index (χ0) is 15.2. The van der Waals surface area contributed by atoms with Crippen molar-refractivity contribution in [3.63, 3.8) is 0 Å². The lowest BCUT2D eigenvalue weighted by Crippen LogP contribution is -2.40. The molecule has 0 aliphatic carbocycles. The highest BCUT2D eigenvalue weighted by atomic mass is 15.3. The van der Waals surface area contributed by atoms with Crippen LogP contribution >= 0.6 is 0 Å². The molecule has 0 amide bonds. The number of guanidine groups is 1. The third-order valence-corrected chi connectivity index (χ3v) is 3.90. The van der Waals surface area contributed by atoms with Gasteiger partial charge in [0.2, 0.25) is 0 Å². The molecule has 6 nitrogen and oxygen atoms in total. The molecule has 1 atom stereocenters. The first-order valence-electron chi connectivity index (χ1n) is 7.96. The summed E-state index contributed by atoms with van der Waals surface area (Å²) in [6, 6.07) is 0. The maximum atomic E-state index is 4.72. The van der Waals surface area contributed by atoms with Gasteiger partial charge in [-0.3, -0.25) is 4.68 Å². The molecule has 2 rings (SSSR count). The first-order valence-corrected chi connectivity index (χ1v) is 7.96. The Labute approximate surface area is 127 Å². The number of aryl methyl sites for hydroxylation is 1. The van der Waals surface area contributed by atoms with Crippen LogP contribution in [0.4, 0.5) is 0 Å². The van der Waals surface area contributed by atoms with Gasteiger partial charge in [0, 0.05) is 26.7 Å². The van der Waals surface area contributed by atoms with E-state index in [0.29, 0.717) is 6.54 Å². The van der Waals surface area contributed by atoms with Gasteiger partial charge in [0.25, 0.3) is 0 Å². The molecule has 21 heavy (non-hydrogen) atoms. The fraction of sp³-hybridized carbons (Fsp3) is 0.800. The van der Waals surface area contributed by atoms with Crippen molar-refractivity contribution in [3.8, 4) is 0 Å². The highest BCUT2D eigenvalue weighted by Crippen LogP contribution is 2.23. The second kappa shape index (κ2) is 7.43. The maximum absolute atomic E-state index is 4.72. The van der Waals surface area contributed by atoms with Crippen molar-refractivity contribution in [3.05, 3.63) is 12.2 Å². The normalized spacial score (nSPS) is 19.6. The predicted molar refractivity (Wildman–Crippen MR) is 85.0 cm³/mol. The molecule has 1 saturated heterocycles. The van der Waals surface area contributed by atoms with Crippen LogP contribution in [0.1, 0.15) is 39.4 Å². The lowest BCUT2D eigenvalue weighted by molar-refractivity contribution is 0.403. The Kier molecular flexibility index (Phi) is 5.59. The third-order valence-electron chi connectivity index (χ3n) is 3.90. The first kappa shape index (κ1) is 15.8. The highest BCUT2D eigenvalue weighted by molar-refractivity contribution is 5.80. The lowest BCUT2D eigenvalue weighted by atomic mass is 9.97. The fourth-order valence-electron chi connectivity index (χ4n) is 2.92. The van der Waals surface area contributed by atoms with Crippen molar-refractivity contribution in [2.45, 2.75) is 40.2 Å². The lowest BCUT2D eigenvalue weighted by Gasteiger charge is -2.22. The Morgan fingerprint density at radius 3 is 2.95 bits per heavy atom. The first-order chi connectivity index (χ1) is 10.1. The molecule has 2 heterocycles. The summed E-state index contributed by atoms with van der Waals surface area (Å²) in [5, 5.41) is 7.48. The average molecular weight is 292 g/mol. The Balaban J connectivity index is 1.97. The van der Waals surface area contributed by atoms with E-state index < -0.39 is 0 Å². The van der Waals surface area contributed by atoms with Crippen molar-refractivity contribution in [2.75, 3.05) is 19.6 Å². The summed E-state index contributed by atoms with van der Waals surface area (Å²) in [5.41, 5.74) is 0. The second-order valence-corrected chi connectivity index (χ2v) is 6.20. The molecule has 1 N–H and O–H groups in total. The quantitative estimate of drug-likeness (QED) is 0.662. The van der Waals surface area contributed by atoms with Gasteiger partial charge in [0.05, 0.1) is 0 Å². The topological polar surface area (TPSA) is 58.3 Å². The van der Waals surface area contributed by atoms with Crippen molar-refractivity contribution in [1.29, 1.82) is 0 Å². The van der Waals surface area contributed by atoms with Crippen molar-refractivity contribution in [2.24, 2.45) is 23.9 Å². The molecule has 1 fully saturated rings. The number of nitrogens with zero attached hydrogens (tertiary/aromatic N) is 5. The van der Waals surface area contributed by atoms with E-state index in [-0.39, 0.29) is 0 Å². The Bertz CT molecular complexity index is 464. The molecule has 0 radical (unpaired) electrons. The van der Waals surface area contributed by atoms with Gasteiger partial charge in [-0.2, -0.15) is 5.10 Å². The van der Waals surface area contributed by atoms with E-state index >= 15 is 0 Å². The van der Waals surface area contributed by atoms with Crippen molar-refractivity contribution < 1.29 is 0 Å². The molecule has 1 unspecified atom stereocenters. The number of aliphatic imine (C=N–C) groups is 1. The number of aromatic nitrogens is 3. The minimum Gasteiger partial charge on any atom is -0.357 e. The Morgan fingerprint density at radius 2 is 2.33 bits per heavy atom. The third kappa shape index (κ3) is 4.44. The van der Waals surface area contributed by atoms with Crippen LogP contribution in [0.2, 0.25) is 0 Å². The molecule has 1 aromatic rings. The van der Waals surface area contributed by atoms with E-state index in [1.54, 1.807) is 11.0 Å². The molecular formula is C15H28N6. The van der Waals surface area contributed by atoms with E-state index in [2.05, 4.69) is 41.1 Å². The minimum atomic E-state index is 0.574. The van der Waals surface area contributed by atoms with Crippen LogP contribution in [0, 0.1) is 11.8 Å². The monoisotopic (exact) mass is 292 g/mol. The Hall–Kier alpha value is -1.59. The summed E-state index contributed by atoms with van der Waals surface area (Å²) >= 11 is 0. The summed E-state index contributed by atoms with van der Waals surface area (Å²) in [7, 11) is 1.90. The molecule has 1 aliphatic heterocycles. The van der Waals surface area contributed by atoms with Gasteiger partial charge in [-0.1, -0.05) is 13.8 Å². The summed E-state index contributed by atoms with van der Waals surface area (Å²) < 4.78 is 1.78. The van der Waals surface area contributed by atoms with Crippen LogP contribution in [0.25, 0.3) is 0 Å². The maximum Gasteiger partial charge on any atom is 0.194 e. The van der Waals surface area contributed by atoms with Crippen LogP contribution in [-0.4, -0.2) is 45.3 Å². The van der Waals surface area contributed by atoms with E-state index in [9.17, 15) is 0 Å². The van der Waals surface area contributed by atoms with Gasteiger partial charge >= 0.3 is 0 Å². The summed E-state index contributed by atoms with van der Waals surface area (Å²) in [5.74, 6) is 3.46. The molecular weight excluding hydrogens is 264 g/mol. The number of likely N-dealkylation sites (tertiary alicyclic amines) is 1. The van der Waals surface area contributed by atoms with Crippen molar-refractivity contribution >= 4 is 5.96 Å². The summed E-state index contributed by atoms with van der Waals surface area (Å²) in [6.07, 6.45) is 4.15. The standard InChI is InChI=1S/C15H28N6/c1-5-16-15(17-9-14-18-11-19-20(14)4)21-7-6-13(10-21)8-12(2)3/h11-13H,5-10H2,1-4H3,(H,16,17). The molecule has 6 heteroatoms. The molecule has 0 bridgehead atoms. The van der Waals surface area contributed by atoms with Crippen LogP contribution in [0.15, 0.2) is 11.3 Å². The van der Waals surface area contributed by atoms with Gasteiger partial charge in [0.1, 0.15) is 18.7 Å². The van der Waals surface area contributed by atoms with Gasteiger partial charge < -0.3 is 10.2 Å². The second-order valence-electron chi connectivity index (χ2n) is 6.20. The fourth-order valence-corrected chi connectivity index (χ4v) is 2.92. The molecule has 0 aromatic carbocycles. The number of rotatable bonds is 5. The van der Waals surface area contributed by atoms with E-state index in [1.807, 2.05) is 7.05 Å². The largest absolute Gasteiger partial charge is 0.357 e. The van der Waals surface area contributed by atoms with Crippen LogP contribution in [0.5, 0.6) is 0 Å². The minimum absolute atomic E-state index is 0.574. The molecule has 0 spiro atoms. The molecule has 0 saturated carbocycles. The van der Waals surface area contributed by atoms with E-state index in [0.717, 1.165) is 43.3 Å².